The quantitative estimate of drug-likeness (QED) is 0.874. The first kappa shape index (κ1) is 11.3. The fourth-order valence-corrected chi connectivity index (χ4v) is 2.45. The summed E-state index contributed by atoms with van der Waals surface area (Å²) in [4.78, 5) is 8.58. The van der Waals surface area contributed by atoms with Gasteiger partial charge in [0.1, 0.15) is 0 Å². The van der Waals surface area contributed by atoms with Gasteiger partial charge in [0.15, 0.2) is 0 Å². The molecule has 2 heterocycles. The van der Waals surface area contributed by atoms with Gasteiger partial charge in [-0.15, -0.1) is 0 Å². The first-order valence-electron chi connectivity index (χ1n) is 6.24. The zero-order valence-corrected chi connectivity index (χ0v) is 10.3. The van der Waals surface area contributed by atoms with Crippen molar-refractivity contribution in [3.63, 3.8) is 0 Å². The molecule has 2 N–H and O–H groups in total. The van der Waals surface area contributed by atoms with Crippen LogP contribution in [0.1, 0.15) is 36.6 Å². The average molecular weight is 244 g/mol. The van der Waals surface area contributed by atoms with Crippen LogP contribution in [0.25, 0.3) is 11.4 Å². The second kappa shape index (κ2) is 4.49. The van der Waals surface area contributed by atoms with E-state index in [0.717, 1.165) is 30.4 Å². The molecule has 1 aliphatic rings. The maximum atomic E-state index is 5.90. The molecule has 0 radical (unpaired) electrons. The van der Waals surface area contributed by atoms with E-state index >= 15 is 0 Å². The van der Waals surface area contributed by atoms with Crippen LogP contribution in [0.3, 0.4) is 0 Å². The highest BCUT2D eigenvalue weighted by Crippen LogP contribution is 2.33. The van der Waals surface area contributed by atoms with Gasteiger partial charge >= 0.3 is 0 Å². The van der Waals surface area contributed by atoms with Crippen molar-refractivity contribution in [2.75, 3.05) is 0 Å². The maximum Gasteiger partial charge on any atom is 0.230 e. The predicted octanol–water partition coefficient (Wildman–Crippen LogP) is 2.03. The molecule has 3 rings (SSSR count). The van der Waals surface area contributed by atoms with Gasteiger partial charge in [0, 0.05) is 29.9 Å². The summed E-state index contributed by atoms with van der Waals surface area (Å²) in [7, 11) is 0. The van der Waals surface area contributed by atoms with Gasteiger partial charge < -0.3 is 10.3 Å². The molecule has 5 nitrogen and oxygen atoms in total. The van der Waals surface area contributed by atoms with Gasteiger partial charge in [0.2, 0.25) is 11.7 Å². The highest BCUT2D eigenvalue weighted by atomic mass is 16.5. The molecular formula is C13H16N4O. The van der Waals surface area contributed by atoms with Crippen LogP contribution < -0.4 is 5.73 Å². The van der Waals surface area contributed by atoms with Gasteiger partial charge in [0.05, 0.1) is 0 Å². The van der Waals surface area contributed by atoms with Gasteiger partial charge in [-0.2, -0.15) is 4.98 Å². The second-order valence-electron chi connectivity index (χ2n) is 4.92. The Morgan fingerprint density at radius 3 is 3.00 bits per heavy atom. The molecule has 18 heavy (non-hydrogen) atoms. The van der Waals surface area contributed by atoms with Gasteiger partial charge in [-0.1, -0.05) is 5.16 Å². The lowest BCUT2D eigenvalue weighted by Crippen LogP contribution is -2.14. The van der Waals surface area contributed by atoms with Gasteiger partial charge in [-0.25, -0.2) is 0 Å². The number of nitrogens with two attached hydrogens (primary N) is 1. The largest absolute Gasteiger partial charge is 0.339 e. The number of hydrogen-bond acceptors (Lipinski definition) is 5. The van der Waals surface area contributed by atoms with Crippen molar-refractivity contribution in [1.29, 1.82) is 0 Å². The lowest BCUT2D eigenvalue weighted by Gasteiger charge is -2.01. The van der Waals surface area contributed by atoms with Crippen LogP contribution in [0.5, 0.6) is 0 Å². The van der Waals surface area contributed by atoms with E-state index in [2.05, 4.69) is 15.1 Å². The van der Waals surface area contributed by atoms with E-state index in [-0.39, 0.29) is 6.04 Å². The molecule has 94 valence electrons. The minimum absolute atomic E-state index is 0.269. The van der Waals surface area contributed by atoms with E-state index in [0.29, 0.717) is 17.6 Å². The summed E-state index contributed by atoms with van der Waals surface area (Å²) in [5.74, 6) is 1.65. The van der Waals surface area contributed by atoms with Crippen molar-refractivity contribution in [3.05, 3.63) is 29.9 Å². The third kappa shape index (κ3) is 2.01. The third-order valence-corrected chi connectivity index (χ3v) is 3.54. The Labute approximate surface area is 105 Å². The lowest BCUT2D eigenvalue weighted by atomic mass is 10.1. The van der Waals surface area contributed by atoms with E-state index in [1.54, 1.807) is 12.4 Å². The molecule has 0 amide bonds. The topological polar surface area (TPSA) is 77.8 Å². The highest BCUT2D eigenvalue weighted by molar-refractivity contribution is 5.57. The highest BCUT2D eigenvalue weighted by Gasteiger charge is 2.28. The Morgan fingerprint density at radius 1 is 1.39 bits per heavy atom. The Morgan fingerprint density at radius 2 is 2.28 bits per heavy atom. The van der Waals surface area contributed by atoms with Crippen LogP contribution in [0.4, 0.5) is 0 Å². The van der Waals surface area contributed by atoms with E-state index < -0.39 is 0 Å². The summed E-state index contributed by atoms with van der Waals surface area (Å²) in [5.41, 5.74) is 7.93. The van der Waals surface area contributed by atoms with Crippen molar-refractivity contribution in [3.8, 4) is 11.4 Å². The molecule has 0 bridgehead atoms. The van der Waals surface area contributed by atoms with E-state index in [1.807, 2.05) is 13.0 Å². The Hall–Kier alpha value is -1.75. The monoisotopic (exact) mass is 244 g/mol. The summed E-state index contributed by atoms with van der Waals surface area (Å²) in [6, 6.07) is 2.21. The lowest BCUT2D eigenvalue weighted by molar-refractivity contribution is 0.353. The molecule has 2 atom stereocenters. The van der Waals surface area contributed by atoms with Crippen molar-refractivity contribution in [2.24, 2.45) is 5.73 Å². The third-order valence-electron chi connectivity index (χ3n) is 3.54. The molecular weight excluding hydrogens is 228 g/mol. The molecule has 1 saturated carbocycles. The van der Waals surface area contributed by atoms with Crippen LogP contribution >= 0.6 is 0 Å². The molecule has 2 aromatic rings. The molecule has 1 fully saturated rings. The number of aromatic nitrogens is 3. The fourth-order valence-electron chi connectivity index (χ4n) is 2.45. The van der Waals surface area contributed by atoms with Gasteiger partial charge in [-0.05, 0) is 37.8 Å². The second-order valence-corrected chi connectivity index (χ2v) is 4.92. The molecule has 0 unspecified atom stereocenters. The van der Waals surface area contributed by atoms with Crippen LogP contribution in [0, 0.1) is 6.92 Å². The van der Waals surface area contributed by atoms with Gasteiger partial charge in [0.25, 0.3) is 0 Å². The molecule has 0 aliphatic heterocycles. The first-order valence-corrected chi connectivity index (χ1v) is 6.24. The van der Waals surface area contributed by atoms with Gasteiger partial charge in [-0.3, -0.25) is 4.98 Å². The average Bonchev–Trinajstić information content (AvgIpc) is 2.98. The molecule has 0 saturated heterocycles. The molecule has 5 heteroatoms. The fraction of sp³-hybridized carbons (Fsp3) is 0.462. The zero-order chi connectivity index (χ0) is 12.5. The van der Waals surface area contributed by atoms with E-state index in [1.165, 1.54) is 0 Å². The summed E-state index contributed by atoms with van der Waals surface area (Å²) in [5, 5.41) is 4.05. The maximum absolute atomic E-state index is 5.90. The summed E-state index contributed by atoms with van der Waals surface area (Å²) < 4.78 is 5.36. The van der Waals surface area contributed by atoms with Crippen LogP contribution in [-0.4, -0.2) is 21.2 Å². The molecule has 1 aliphatic carbocycles. The SMILES string of the molecule is Cc1ccncc1-c1noc([C@@H]2CC[C@H](N)C2)n1. The van der Waals surface area contributed by atoms with Crippen molar-refractivity contribution < 1.29 is 4.52 Å². The summed E-state index contributed by atoms with van der Waals surface area (Å²) in [6.45, 7) is 2.01. The zero-order valence-electron chi connectivity index (χ0n) is 10.3. The van der Waals surface area contributed by atoms with E-state index in [9.17, 15) is 0 Å². The predicted molar refractivity (Wildman–Crippen MR) is 66.8 cm³/mol. The van der Waals surface area contributed by atoms with Crippen molar-refractivity contribution in [2.45, 2.75) is 38.1 Å². The molecule has 0 aromatic carbocycles. The number of aryl methyl sites for hydroxylation is 1. The van der Waals surface area contributed by atoms with Crippen LogP contribution in [0.15, 0.2) is 23.0 Å². The first-order chi connectivity index (χ1) is 8.74. The Balaban J connectivity index is 1.88. The number of rotatable bonds is 2. The summed E-state index contributed by atoms with van der Waals surface area (Å²) in [6.07, 6.45) is 6.54. The Bertz CT molecular complexity index is 551. The molecule has 2 aromatic heterocycles. The Kier molecular flexibility index (Phi) is 2.83. The molecule has 0 spiro atoms. The standard InChI is InChI=1S/C13H16N4O/c1-8-4-5-15-7-11(8)12-16-13(18-17-12)9-2-3-10(14)6-9/h4-5,7,9-10H,2-3,6,14H2,1H3/t9-,10+/m1/s1. The minimum atomic E-state index is 0.269. The van der Waals surface area contributed by atoms with E-state index in [4.69, 9.17) is 10.3 Å². The minimum Gasteiger partial charge on any atom is -0.339 e. The normalized spacial score (nSPS) is 23.4. The number of nitrogens with zero attached hydrogens (tertiary/aromatic N) is 3. The van der Waals surface area contributed by atoms with Crippen molar-refractivity contribution in [1.82, 2.24) is 15.1 Å². The van der Waals surface area contributed by atoms with Crippen molar-refractivity contribution >= 4 is 0 Å². The van der Waals surface area contributed by atoms with Crippen LogP contribution in [-0.2, 0) is 0 Å². The smallest absolute Gasteiger partial charge is 0.230 e. The number of hydrogen-bond donors (Lipinski definition) is 1. The summed E-state index contributed by atoms with van der Waals surface area (Å²) >= 11 is 0. The number of pyridine rings is 1. The van der Waals surface area contributed by atoms with Crippen LogP contribution in [0.2, 0.25) is 0 Å².